The number of nitrogens with one attached hydrogen (secondary N) is 1. The summed E-state index contributed by atoms with van der Waals surface area (Å²) in [4.78, 5) is 24.3. The van der Waals surface area contributed by atoms with Crippen molar-refractivity contribution in [1.82, 2.24) is 5.32 Å². The van der Waals surface area contributed by atoms with Crippen LogP contribution < -0.4 is 5.32 Å². The van der Waals surface area contributed by atoms with Crippen LogP contribution in [0.3, 0.4) is 0 Å². The SMILES string of the molecule is O=C(COC(=O)c1ccc(F)cc1)NC(c1ccccc1)c1ccccc1. The van der Waals surface area contributed by atoms with Gasteiger partial charge in [0.15, 0.2) is 6.61 Å². The quantitative estimate of drug-likeness (QED) is 0.676. The average molecular weight is 363 g/mol. The normalized spacial score (nSPS) is 10.4. The Balaban J connectivity index is 1.66. The highest BCUT2D eigenvalue weighted by molar-refractivity contribution is 5.91. The van der Waals surface area contributed by atoms with Crippen molar-refractivity contribution in [1.29, 1.82) is 0 Å². The number of carbonyl (C=O) groups excluding carboxylic acids is 2. The fraction of sp³-hybridized carbons (Fsp3) is 0.0909. The van der Waals surface area contributed by atoms with Crippen LogP contribution in [-0.2, 0) is 9.53 Å². The molecule has 5 heteroatoms. The third-order valence-corrected chi connectivity index (χ3v) is 3.99. The van der Waals surface area contributed by atoms with Crippen molar-refractivity contribution in [3.05, 3.63) is 107 Å². The molecule has 0 spiro atoms. The molecule has 1 amide bonds. The van der Waals surface area contributed by atoms with Crippen LogP contribution in [0.5, 0.6) is 0 Å². The molecule has 0 fully saturated rings. The summed E-state index contributed by atoms with van der Waals surface area (Å²) < 4.78 is 17.9. The van der Waals surface area contributed by atoms with Crippen molar-refractivity contribution in [2.45, 2.75) is 6.04 Å². The van der Waals surface area contributed by atoms with Crippen LogP contribution in [0, 0.1) is 5.82 Å². The molecule has 0 bridgehead atoms. The molecular weight excluding hydrogens is 345 g/mol. The highest BCUT2D eigenvalue weighted by Crippen LogP contribution is 2.21. The van der Waals surface area contributed by atoms with E-state index in [2.05, 4.69) is 5.32 Å². The Morgan fingerprint density at radius 2 is 1.33 bits per heavy atom. The topological polar surface area (TPSA) is 55.4 Å². The van der Waals surface area contributed by atoms with Gasteiger partial charge in [0.05, 0.1) is 11.6 Å². The molecule has 0 aromatic heterocycles. The van der Waals surface area contributed by atoms with E-state index in [1.165, 1.54) is 12.1 Å². The molecule has 136 valence electrons. The van der Waals surface area contributed by atoms with Gasteiger partial charge in [-0.2, -0.15) is 0 Å². The van der Waals surface area contributed by atoms with Gasteiger partial charge in [0.2, 0.25) is 0 Å². The maximum Gasteiger partial charge on any atom is 0.338 e. The van der Waals surface area contributed by atoms with Crippen molar-refractivity contribution < 1.29 is 18.7 Å². The van der Waals surface area contributed by atoms with E-state index in [9.17, 15) is 14.0 Å². The number of halogens is 1. The second-order valence-electron chi connectivity index (χ2n) is 5.90. The maximum absolute atomic E-state index is 12.9. The van der Waals surface area contributed by atoms with Gasteiger partial charge in [-0.15, -0.1) is 0 Å². The first kappa shape index (κ1) is 18.3. The number of hydrogen-bond donors (Lipinski definition) is 1. The van der Waals surface area contributed by atoms with Crippen LogP contribution in [0.25, 0.3) is 0 Å². The number of carbonyl (C=O) groups is 2. The fourth-order valence-corrected chi connectivity index (χ4v) is 2.65. The minimum absolute atomic E-state index is 0.187. The summed E-state index contributed by atoms with van der Waals surface area (Å²) >= 11 is 0. The molecule has 0 atom stereocenters. The third-order valence-electron chi connectivity index (χ3n) is 3.99. The number of amides is 1. The van der Waals surface area contributed by atoms with Gasteiger partial charge in [-0.25, -0.2) is 9.18 Å². The maximum atomic E-state index is 12.9. The molecule has 0 radical (unpaired) electrons. The van der Waals surface area contributed by atoms with E-state index in [1.54, 1.807) is 0 Å². The highest BCUT2D eigenvalue weighted by atomic mass is 19.1. The first-order valence-corrected chi connectivity index (χ1v) is 8.45. The molecule has 0 aliphatic heterocycles. The lowest BCUT2D eigenvalue weighted by Gasteiger charge is -2.20. The van der Waals surface area contributed by atoms with Gasteiger partial charge in [-0.3, -0.25) is 4.79 Å². The average Bonchev–Trinajstić information content (AvgIpc) is 2.72. The highest BCUT2D eigenvalue weighted by Gasteiger charge is 2.18. The number of esters is 1. The van der Waals surface area contributed by atoms with Crippen molar-refractivity contribution in [3.8, 4) is 0 Å². The Kier molecular flexibility index (Phi) is 5.94. The van der Waals surface area contributed by atoms with Crippen LogP contribution in [-0.4, -0.2) is 18.5 Å². The summed E-state index contributed by atoms with van der Waals surface area (Å²) in [6.07, 6.45) is 0. The van der Waals surface area contributed by atoms with Gasteiger partial charge in [0.1, 0.15) is 5.82 Å². The van der Waals surface area contributed by atoms with E-state index >= 15 is 0 Å². The predicted molar refractivity (Wildman–Crippen MR) is 99.6 cm³/mol. The number of rotatable bonds is 6. The van der Waals surface area contributed by atoms with Crippen LogP contribution >= 0.6 is 0 Å². The van der Waals surface area contributed by atoms with Crippen LogP contribution in [0.4, 0.5) is 4.39 Å². The van der Waals surface area contributed by atoms with Gasteiger partial charge in [0, 0.05) is 0 Å². The van der Waals surface area contributed by atoms with E-state index in [1.807, 2.05) is 60.7 Å². The van der Waals surface area contributed by atoms with Crippen molar-refractivity contribution in [3.63, 3.8) is 0 Å². The van der Waals surface area contributed by atoms with Crippen molar-refractivity contribution in [2.24, 2.45) is 0 Å². The minimum Gasteiger partial charge on any atom is -0.452 e. The zero-order valence-electron chi connectivity index (χ0n) is 14.5. The summed E-state index contributed by atoms with van der Waals surface area (Å²) in [5.74, 6) is -1.55. The van der Waals surface area contributed by atoms with E-state index in [4.69, 9.17) is 4.74 Å². The van der Waals surface area contributed by atoms with E-state index in [0.29, 0.717) is 0 Å². The minimum atomic E-state index is -0.680. The van der Waals surface area contributed by atoms with E-state index in [0.717, 1.165) is 23.3 Å². The molecule has 0 heterocycles. The van der Waals surface area contributed by atoms with Crippen LogP contribution in [0.2, 0.25) is 0 Å². The molecule has 1 N–H and O–H groups in total. The standard InChI is InChI=1S/C22H18FNO3/c23-19-13-11-18(12-14-19)22(26)27-15-20(25)24-21(16-7-3-1-4-8-16)17-9-5-2-6-10-17/h1-14,21H,15H2,(H,24,25). The van der Waals surface area contributed by atoms with Crippen molar-refractivity contribution >= 4 is 11.9 Å². The fourth-order valence-electron chi connectivity index (χ4n) is 2.65. The lowest BCUT2D eigenvalue weighted by molar-refractivity contribution is -0.124. The summed E-state index contributed by atoms with van der Waals surface area (Å²) in [5.41, 5.74) is 2.02. The molecule has 3 aromatic carbocycles. The first-order chi connectivity index (χ1) is 13.1. The van der Waals surface area contributed by atoms with Gasteiger partial charge in [-0.05, 0) is 35.4 Å². The summed E-state index contributed by atoms with van der Waals surface area (Å²) in [6.45, 7) is -0.424. The molecule has 4 nitrogen and oxygen atoms in total. The second-order valence-corrected chi connectivity index (χ2v) is 5.90. The largest absolute Gasteiger partial charge is 0.452 e. The molecule has 0 saturated carbocycles. The Hall–Kier alpha value is -3.47. The molecule has 0 aliphatic carbocycles. The second kappa shape index (κ2) is 8.76. The summed E-state index contributed by atoms with van der Waals surface area (Å²) in [5, 5.41) is 2.89. The Labute approximate surface area is 156 Å². The van der Waals surface area contributed by atoms with Gasteiger partial charge < -0.3 is 10.1 Å². The third kappa shape index (κ3) is 5.01. The molecule has 3 rings (SSSR count). The van der Waals surface area contributed by atoms with Gasteiger partial charge in [-0.1, -0.05) is 60.7 Å². The smallest absolute Gasteiger partial charge is 0.338 e. The molecule has 0 aliphatic rings. The summed E-state index contributed by atoms with van der Waals surface area (Å²) in [6, 6.07) is 23.7. The molecule has 27 heavy (non-hydrogen) atoms. The number of benzene rings is 3. The number of hydrogen-bond acceptors (Lipinski definition) is 3. The molecular formula is C22H18FNO3. The van der Waals surface area contributed by atoms with Gasteiger partial charge >= 0.3 is 5.97 Å². The Morgan fingerprint density at radius 3 is 1.85 bits per heavy atom. The van der Waals surface area contributed by atoms with E-state index in [-0.39, 0.29) is 11.6 Å². The van der Waals surface area contributed by atoms with Crippen LogP contribution in [0.15, 0.2) is 84.9 Å². The summed E-state index contributed by atoms with van der Waals surface area (Å²) in [7, 11) is 0. The van der Waals surface area contributed by atoms with Crippen LogP contribution in [0.1, 0.15) is 27.5 Å². The lowest BCUT2D eigenvalue weighted by atomic mass is 9.99. The molecule has 0 unspecified atom stereocenters. The Morgan fingerprint density at radius 1 is 0.815 bits per heavy atom. The zero-order valence-corrected chi connectivity index (χ0v) is 14.5. The predicted octanol–water partition coefficient (Wildman–Crippen LogP) is 3.89. The van der Waals surface area contributed by atoms with Crippen molar-refractivity contribution in [2.75, 3.05) is 6.61 Å². The zero-order chi connectivity index (χ0) is 19.1. The van der Waals surface area contributed by atoms with E-state index < -0.39 is 24.3 Å². The molecule has 3 aromatic rings. The van der Waals surface area contributed by atoms with Gasteiger partial charge in [0.25, 0.3) is 5.91 Å². The Bertz CT molecular complexity index is 856. The lowest BCUT2D eigenvalue weighted by Crippen LogP contribution is -2.33. The first-order valence-electron chi connectivity index (χ1n) is 8.45. The monoisotopic (exact) mass is 363 g/mol. The molecule has 0 saturated heterocycles. The number of ether oxygens (including phenoxy) is 1.